The number of nitrogens with two attached hydrogens (primary N) is 1. The van der Waals surface area contributed by atoms with Crippen LogP contribution in [0, 0.1) is 5.92 Å². The summed E-state index contributed by atoms with van der Waals surface area (Å²) in [4.78, 5) is 0. The van der Waals surface area contributed by atoms with E-state index in [2.05, 4.69) is 6.92 Å². The summed E-state index contributed by atoms with van der Waals surface area (Å²) in [5, 5.41) is 1.22. The van der Waals surface area contributed by atoms with Gasteiger partial charge in [0.15, 0.2) is 0 Å². The molecule has 1 aromatic rings. The number of halogens is 2. The van der Waals surface area contributed by atoms with Crippen LogP contribution in [0.15, 0.2) is 18.2 Å². The van der Waals surface area contributed by atoms with Gasteiger partial charge in [0.05, 0.1) is 10.0 Å². The molecule has 1 aromatic carbocycles. The SMILES string of the molecule is CC1CCCC(N)(c2cccc(Cl)c2Cl)C1. The molecule has 1 saturated carbocycles. The Hall–Kier alpha value is -0.240. The van der Waals surface area contributed by atoms with Crippen LogP contribution in [0.25, 0.3) is 0 Å². The molecule has 0 aliphatic heterocycles. The molecule has 2 unspecified atom stereocenters. The van der Waals surface area contributed by atoms with Crippen LogP contribution in [0.3, 0.4) is 0 Å². The normalized spacial score (nSPS) is 30.4. The average Bonchev–Trinajstić information content (AvgIpc) is 2.21. The molecule has 0 radical (unpaired) electrons. The fourth-order valence-corrected chi connectivity index (χ4v) is 3.21. The maximum absolute atomic E-state index is 6.50. The highest BCUT2D eigenvalue weighted by Gasteiger charge is 2.34. The van der Waals surface area contributed by atoms with Crippen LogP contribution in [0.4, 0.5) is 0 Å². The van der Waals surface area contributed by atoms with Gasteiger partial charge in [0.25, 0.3) is 0 Å². The largest absolute Gasteiger partial charge is 0.321 e. The van der Waals surface area contributed by atoms with E-state index in [-0.39, 0.29) is 5.54 Å². The molecule has 1 fully saturated rings. The third-order valence-corrected chi connectivity index (χ3v) is 4.34. The van der Waals surface area contributed by atoms with E-state index in [0.717, 1.165) is 18.4 Å². The molecule has 0 saturated heterocycles. The summed E-state index contributed by atoms with van der Waals surface area (Å²) in [7, 11) is 0. The molecular formula is C13H17Cl2N. The van der Waals surface area contributed by atoms with Crippen molar-refractivity contribution in [3.05, 3.63) is 33.8 Å². The van der Waals surface area contributed by atoms with Gasteiger partial charge in [0, 0.05) is 5.54 Å². The molecule has 0 bridgehead atoms. The number of benzene rings is 1. The van der Waals surface area contributed by atoms with Crippen molar-refractivity contribution in [2.75, 3.05) is 0 Å². The molecule has 0 aromatic heterocycles. The first-order valence-corrected chi connectivity index (χ1v) is 6.52. The van der Waals surface area contributed by atoms with Crippen LogP contribution >= 0.6 is 23.2 Å². The first kappa shape index (κ1) is 12.2. The van der Waals surface area contributed by atoms with Crippen molar-refractivity contribution in [1.82, 2.24) is 0 Å². The van der Waals surface area contributed by atoms with Crippen molar-refractivity contribution >= 4 is 23.2 Å². The summed E-state index contributed by atoms with van der Waals surface area (Å²) in [5.74, 6) is 0.661. The second kappa shape index (κ2) is 4.56. The zero-order valence-electron chi connectivity index (χ0n) is 9.47. The van der Waals surface area contributed by atoms with Gasteiger partial charge >= 0.3 is 0 Å². The molecule has 2 N–H and O–H groups in total. The van der Waals surface area contributed by atoms with Gasteiger partial charge in [-0.15, -0.1) is 0 Å². The average molecular weight is 258 g/mol. The summed E-state index contributed by atoms with van der Waals surface area (Å²) in [5.41, 5.74) is 7.21. The van der Waals surface area contributed by atoms with E-state index in [0.29, 0.717) is 16.0 Å². The fourth-order valence-electron chi connectivity index (χ4n) is 2.72. The minimum atomic E-state index is -0.292. The number of rotatable bonds is 1. The molecule has 2 rings (SSSR count). The van der Waals surface area contributed by atoms with Crippen molar-refractivity contribution in [3.63, 3.8) is 0 Å². The second-order valence-electron chi connectivity index (χ2n) is 4.96. The van der Waals surface area contributed by atoms with Gasteiger partial charge in [-0.1, -0.05) is 55.1 Å². The molecule has 1 nitrogen and oxygen atoms in total. The summed E-state index contributed by atoms with van der Waals surface area (Å²) < 4.78 is 0. The van der Waals surface area contributed by atoms with E-state index in [1.165, 1.54) is 12.8 Å². The van der Waals surface area contributed by atoms with Gasteiger partial charge in [-0.3, -0.25) is 0 Å². The minimum Gasteiger partial charge on any atom is -0.321 e. The lowest BCUT2D eigenvalue weighted by molar-refractivity contribution is 0.239. The summed E-state index contributed by atoms with van der Waals surface area (Å²) in [6.45, 7) is 2.25. The Labute approximate surface area is 107 Å². The van der Waals surface area contributed by atoms with E-state index < -0.39 is 0 Å². The molecule has 3 heteroatoms. The van der Waals surface area contributed by atoms with E-state index >= 15 is 0 Å². The van der Waals surface area contributed by atoms with Crippen LogP contribution < -0.4 is 5.73 Å². The first-order chi connectivity index (χ1) is 7.53. The standard InChI is InChI=1S/C13H17Cl2N/c1-9-4-3-7-13(16,8-9)10-5-2-6-11(14)12(10)15/h2,5-6,9H,3-4,7-8,16H2,1H3. The highest BCUT2D eigenvalue weighted by Crippen LogP contribution is 2.42. The van der Waals surface area contributed by atoms with E-state index in [9.17, 15) is 0 Å². The predicted molar refractivity (Wildman–Crippen MR) is 70.0 cm³/mol. The van der Waals surface area contributed by atoms with Gasteiger partial charge < -0.3 is 5.73 Å². The van der Waals surface area contributed by atoms with Crippen LogP contribution in [-0.4, -0.2) is 0 Å². The zero-order valence-corrected chi connectivity index (χ0v) is 11.0. The van der Waals surface area contributed by atoms with E-state index in [4.69, 9.17) is 28.9 Å². The quantitative estimate of drug-likeness (QED) is 0.795. The van der Waals surface area contributed by atoms with E-state index in [1.54, 1.807) is 0 Å². The van der Waals surface area contributed by atoms with Gasteiger partial charge in [-0.25, -0.2) is 0 Å². The Balaban J connectivity index is 2.38. The third kappa shape index (κ3) is 2.22. The monoisotopic (exact) mass is 257 g/mol. The van der Waals surface area contributed by atoms with E-state index in [1.807, 2.05) is 18.2 Å². The Bertz CT molecular complexity index is 392. The van der Waals surface area contributed by atoms with Gasteiger partial charge in [0.1, 0.15) is 0 Å². The van der Waals surface area contributed by atoms with Gasteiger partial charge in [-0.05, 0) is 30.4 Å². The van der Waals surface area contributed by atoms with Crippen molar-refractivity contribution in [3.8, 4) is 0 Å². The molecule has 2 atom stereocenters. The first-order valence-electron chi connectivity index (χ1n) is 5.76. The summed E-state index contributed by atoms with van der Waals surface area (Å²) in [6.07, 6.45) is 4.42. The molecule has 16 heavy (non-hydrogen) atoms. The highest BCUT2D eigenvalue weighted by molar-refractivity contribution is 6.42. The smallest absolute Gasteiger partial charge is 0.0642 e. The lowest BCUT2D eigenvalue weighted by Crippen LogP contribution is -2.41. The maximum atomic E-state index is 6.50. The topological polar surface area (TPSA) is 26.0 Å². The highest BCUT2D eigenvalue weighted by atomic mass is 35.5. The summed E-state index contributed by atoms with van der Waals surface area (Å²) >= 11 is 12.3. The van der Waals surface area contributed by atoms with Gasteiger partial charge in [0.2, 0.25) is 0 Å². The van der Waals surface area contributed by atoms with Crippen molar-refractivity contribution in [2.24, 2.45) is 11.7 Å². The van der Waals surface area contributed by atoms with Crippen molar-refractivity contribution < 1.29 is 0 Å². The Morgan fingerprint density at radius 3 is 2.81 bits per heavy atom. The Morgan fingerprint density at radius 2 is 2.12 bits per heavy atom. The van der Waals surface area contributed by atoms with Crippen LogP contribution in [0.1, 0.15) is 38.2 Å². The Kier molecular flexibility index (Phi) is 3.48. The molecule has 1 aliphatic carbocycles. The molecule has 0 heterocycles. The lowest BCUT2D eigenvalue weighted by atomic mass is 9.73. The molecule has 0 spiro atoms. The molecule has 88 valence electrons. The lowest BCUT2D eigenvalue weighted by Gasteiger charge is -2.37. The maximum Gasteiger partial charge on any atom is 0.0642 e. The second-order valence-corrected chi connectivity index (χ2v) is 5.74. The van der Waals surface area contributed by atoms with Crippen LogP contribution in [-0.2, 0) is 5.54 Å². The van der Waals surface area contributed by atoms with Gasteiger partial charge in [-0.2, -0.15) is 0 Å². The molecule has 0 amide bonds. The molecular weight excluding hydrogens is 241 g/mol. The number of hydrogen-bond donors (Lipinski definition) is 1. The predicted octanol–water partition coefficient (Wildman–Crippen LogP) is 4.36. The zero-order chi connectivity index (χ0) is 11.8. The fraction of sp³-hybridized carbons (Fsp3) is 0.538. The van der Waals surface area contributed by atoms with Crippen LogP contribution in [0.2, 0.25) is 10.0 Å². The summed E-state index contributed by atoms with van der Waals surface area (Å²) in [6, 6.07) is 5.74. The van der Waals surface area contributed by atoms with Crippen molar-refractivity contribution in [1.29, 1.82) is 0 Å². The Morgan fingerprint density at radius 1 is 1.38 bits per heavy atom. The third-order valence-electron chi connectivity index (χ3n) is 3.52. The molecule has 1 aliphatic rings. The minimum absolute atomic E-state index is 0.292. The van der Waals surface area contributed by atoms with Crippen molar-refractivity contribution in [2.45, 2.75) is 38.1 Å². The van der Waals surface area contributed by atoms with Crippen LogP contribution in [0.5, 0.6) is 0 Å². The number of hydrogen-bond acceptors (Lipinski definition) is 1.